The van der Waals surface area contributed by atoms with Crippen LogP contribution >= 0.6 is 0 Å². The minimum atomic E-state index is 0.715. The number of aromatic nitrogens is 12. The predicted molar refractivity (Wildman–Crippen MR) is 512 cm³/mol. The predicted octanol–water partition coefficient (Wildman–Crippen LogP) is 26.7. The van der Waals surface area contributed by atoms with Crippen molar-refractivity contribution < 1.29 is 0 Å². The topological polar surface area (TPSA) is 172 Å². The van der Waals surface area contributed by atoms with E-state index in [1.165, 1.54) is 0 Å². The fraction of sp³-hybridized carbons (Fsp3) is 0. The van der Waals surface area contributed by atoms with Crippen LogP contribution in [0, 0.1) is 23.7 Å². The average Bonchev–Trinajstić information content (AvgIpc) is 1.62. The highest BCUT2D eigenvalue weighted by Gasteiger charge is 2.23. The first kappa shape index (κ1) is 72.0. The van der Waals surface area contributed by atoms with Gasteiger partial charge in [-0.3, -0.25) is 0 Å². The van der Waals surface area contributed by atoms with Crippen LogP contribution in [0.15, 0.2) is 315 Å². The number of benzene rings is 8. The lowest BCUT2D eigenvalue weighted by Crippen LogP contribution is -1.90. The summed E-state index contributed by atoms with van der Waals surface area (Å²) in [5.41, 5.74) is 39.3. The molecule has 0 amide bonds. The first-order chi connectivity index (χ1) is 61.4. The number of aromatic amines is 6. The summed E-state index contributed by atoms with van der Waals surface area (Å²) in [6, 6.07) is 109. The fourth-order valence-corrected chi connectivity index (χ4v) is 17.5. The van der Waals surface area contributed by atoms with Crippen LogP contribution < -0.4 is 0 Å². The molecule has 0 atom stereocenters. The lowest BCUT2D eigenvalue weighted by Gasteiger charge is -2.06. The minimum absolute atomic E-state index is 0.715. The van der Waals surface area contributed by atoms with Crippen molar-refractivity contribution in [3.63, 3.8) is 0 Å². The molecule has 6 N–H and O–H groups in total. The second-order valence-electron chi connectivity index (χ2n) is 31.1. The van der Waals surface area contributed by atoms with Gasteiger partial charge in [-0.2, -0.15) is 0 Å². The summed E-state index contributed by atoms with van der Waals surface area (Å²) in [5.74, 6) is 14.6. The Morgan fingerprint density at radius 1 is 0.161 bits per heavy atom. The Balaban J connectivity index is 0.665. The van der Waals surface area contributed by atoms with E-state index in [1.54, 1.807) is 0 Å². The third-order valence-electron chi connectivity index (χ3n) is 23.3. The number of nitrogens with one attached hydrogen (secondary N) is 6. The Bertz CT molecular complexity index is 8060. The van der Waals surface area contributed by atoms with Crippen molar-refractivity contribution in [1.82, 2.24) is 59.8 Å². The van der Waals surface area contributed by atoms with E-state index in [1.807, 2.05) is 36.4 Å². The van der Waals surface area contributed by atoms with E-state index in [0.29, 0.717) is 5.69 Å². The number of rotatable bonds is 8. The van der Waals surface area contributed by atoms with E-state index >= 15 is 0 Å². The van der Waals surface area contributed by atoms with Gasteiger partial charge < -0.3 is 29.9 Å². The maximum atomic E-state index is 5.65. The average molecular weight is 1580 g/mol. The lowest BCUT2D eigenvalue weighted by molar-refractivity contribution is 1.30. The number of hydrogen-bond acceptors (Lipinski definition) is 6. The third kappa shape index (κ3) is 13.5. The van der Waals surface area contributed by atoms with Crippen molar-refractivity contribution in [1.29, 1.82) is 0 Å². The second-order valence-corrected chi connectivity index (χ2v) is 31.1. The van der Waals surface area contributed by atoms with Gasteiger partial charge in [0, 0.05) is 111 Å². The monoisotopic (exact) mass is 1580 g/mol. The maximum absolute atomic E-state index is 5.65. The van der Waals surface area contributed by atoms with Crippen molar-refractivity contribution >= 4 is 139 Å². The van der Waals surface area contributed by atoms with E-state index in [9.17, 15) is 0 Å². The highest BCUT2D eigenvalue weighted by atomic mass is 14.8. The third-order valence-corrected chi connectivity index (χ3v) is 23.3. The molecule has 15 heterocycles. The van der Waals surface area contributed by atoms with Crippen LogP contribution in [0.1, 0.15) is 90.6 Å². The van der Waals surface area contributed by atoms with E-state index in [2.05, 4.69) is 406 Å². The van der Waals surface area contributed by atoms with Crippen LogP contribution in [0.25, 0.3) is 228 Å². The zero-order valence-electron chi connectivity index (χ0n) is 66.6. The molecule has 124 heavy (non-hydrogen) atoms. The van der Waals surface area contributed by atoms with Gasteiger partial charge in [-0.05, 0) is 227 Å². The molecule has 578 valence electrons. The standard InChI is InChI=1S/C112H70N12/c1-7-19-71(20-8-1)105-89-47-41-79(113-89)67-80-42-48-90(114-80)106(72-21-9-2-10-22-72)94-56-52-86(118-94)83(85-51-55-93(105)117-85)45-35-69-33-39-78(40-34-69)112-103-65-61-99(123-103)109(75-27-15-5-16-28-75)95-57-53-87(119-95)84(88-54-58-96(120-88)110(76-29-17-6-18-30-76)100-62-66-104(112)124-100)46-36-70-31-37-77(38-32-70)111-101-63-59-97(121-101)107(73-23-11-3-12-24-73)91-49-43-81(115-91)68-82-44-50-92(116-82)108(74-25-13-4-14-26-74)98-60-64-102(111)122-98/h1-34,37-44,47-68,113,115,118-119,122,124H. The van der Waals surface area contributed by atoms with E-state index in [4.69, 9.17) is 29.9 Å². The summed E-state index contributed by atoms with van der Waals surface area (Å²) >= 11 is 0. The number of nitrogens with zero attached hydrogens (tertiary/aromatic N) is 6. The smallest absolute Gasteiger partial charge is 0.0815 e. The van der Waals surface area contributed by atoms with Gasteiger partial charge >= 0.3 is 0 Å². The molecule has 6 aliphatic rings. The largest absolute Gasteiger partial charge is 0.355 e. The van der Waals surface area contributed by atoms with E-state index in [0.717, 1.165) is 240 Å². The van der Waals surface area contributed by atoms with Crippen molar-refractivity contribution in [2.75, 3.05) is 0 Å². The first-order valence-electron chi connectivity index (χ1n) is 41.4. The molecule has 0 spiro atoms. The van der Waals surface area contributed by atoms with E-state index in [-0.39, 0.29) is 0 Å². The SMILES string of the molecule is C(#Cc1c2nc(c(-c3ccccc3)c3ccc([nH]3)c(-c3ccc(C#Cc4c5nc(c(-c6ccccc6)c6ccc(cc7nc(c(-c8ccccc8)c8ccc4[nH]8)C=C7)[nH]6)C=C5)cc3)c3nc(c(-c4ccccc4)c4ccc1[nH]4)C=C3)C=C2)c1ccc(-c2c3nc(c(-c4ccccc4)c4ccc(cc5nc(c(-c6ccccc6)c6ccc2[nH]6)C=C5)[nH]4)C=C3)cc1. The first-order valence-corrected chi connectivity index (χ1v) is 41.4. The molecule has 0 radical (unpaired) electrons. The van der Waals surface area contributed by atoms with Crippen LogP contribution in [-0.2, 0) is 0 Å². The summed E-state index contributed by atoms with van der Waals surface area (Å²) in [5, 5.41) is 0. The minimum Gasteiger partial charge on any atom is -0.355 e. The van der Waals surface area contributed by atoms with Gasteiger partial charge in [-0.15, -0.1) is 0 Å². The zero-order chi connectivity index (χ0) is 82.0. The quantitative estimate of drug-likeness (QED) is 0.0827. The summed E-state index contributed by atoms with van der Waals surface area (Å²) < 4.78 is 0. The molecule has 0 saturated heterocycles. The zero-order valence-corrected chi connectivity index (χ0v) is 66.6. The van der Waals surface area contributed by atoms with Gasteiger partial charge in [0.1, 0.15) is 0 Å². The molecule has 0 unspecified atom stereocenters. The molecule has 6 aliphatic heterocycles. The van der Waals surface area contributed by atoms with Gasteiger partial charge in [0.2, 0.25) is 0 Å². The summed E-state index contributed by atoms with van der Waals surface area (Å²) in [6.07, 6.45) is 25.2. The van der Waals surface area contributed by atoms with Crippen molar-refractivity contribution in [2.24, 2.45) is 0 Å². The molecule has 0 aliphatic carbocycles. The van der Waals surface area contributed by atoms with Crippen molar-refractivity contribution in [3.05, 3.63) is 406 Å². The number of fused-ring (bicyclic) bond motifs is 24. The Hall–Kier alpha value is -17.3. The highest BCUT2D eigenvalue weighted by Crippen LogP contribution is 2.42. The lowest BCUT2D eigenvalue weighted by atomic mass is 10.0. The fourth-order valence-electron chi connectivity index (χ4n) is 17.5. The van der Waals surface area contributed by atoms with Crippen LogP contribution in [-0.4, -0.2) is 59.8 Å². The normalized spacial score (nSPS) is 12.2. The Morgan fingerprint density at radius 2 is 0.371 bits per heavy atom. The Labute approximate surface area is 713 Å². The van der Waals surface area contributed by atoms with Gasteiger partial charge in [-0.25, -0.2) is 29.9 Å². The molecule has 8 aromatic carbocycles. The molecule has 17 aromatic rings. The molecule has 9 aromatic heterocycles. The molecular formula is C112H70N12. The molecule has 23 rings (SSSR count). The molecule has 0 saturated carbocycles. The molecule has 24 bridgehead atoms. The van der Waals surface area contributed by atoms with Crippen LogP contribution in [0.4, 0.5) is 0 Å². The summed E-state index contributed by atoms with van der Waals surface area (Å²) in [4.78, 5) is 55.7. The van der Waals surface area contributed by atoms with Gasteiger partial charge in [0.05, 0.1) is 90.5 Å². The number of H-pyrrole nitrogens is 6. The second kappa shape index (κ2) is 30.6. The maximum Gasteiger partial charge on any atom is 0.0815 e. The van der Waals surface area contributed by atoms with Crippen molar-refractivity contribution in [3.8, 4) is 113 Å². The van der Waals surface area contributed by atoms with Crippen molar-refractivity contribution in [2.45, 2.75) is 0 Å². The van der Waals surface area contributed by atoms with Gasteiger partial charge in [0.25, 0.3) is 0 Å². The molecule has 12 nitrogen and oxygen atoms in total. The van der Waals surface area contributed by atoms with Crippen LogP contribution in [0.2, 0.25) is 0 Å². The van der Waals surface area contributed by atoms with Crippen LogP contribution in [0.3, 0.4) is 0 Å². The molecule has 12 heteroatoms. The summed E-state index contributed by atoms with van der Waals surface area (Å²) in [6.45, 7) is 0. The molecule has 0 fully saturated rings. The number of hydrogen-bond donors (Lipinski definition) is 6. The van der Waals surface area contributed by atoms with Gasteiger partial charge in [0.15, 0.2) is 0 Å². The Kier molecular flexibility index (Phi) is 17.7. The highest BCUT2D eigenvalue weighted by molar-refractivity contribution is 6.03. The molecular weight excluding hydrogens is 1510 g/mol. The van der Waals surface area contributed by atoms with Gasteiger partial charge in [-0.1, -0.05) is 230 Å². The van der Waals surface area contributed by atoms with Crippen LogP contribution in [0.5, 0.6) is 0 Å². The Morgan fingerprint density at radius 3 is 0.653 bits per heavy atom. The summed E-state index contributed by atoms with van der Waals surface area (Å²) in [7, 11) is 0. The van der Waals surface area contributed by atoms with E-state index < -0.39 is 0 Å².